The van der Waals surface area contributed by atoms with Crippen LogP contribution >= 0.6 is 24.8 Å². The molecular formula is C14H24Cl2N2. The molecule has 18 heavy (non-hydrogen) atoms. The van der Waals surface area contributed by atoms with E-state index in [9.17, 15) is 0 Å². The average molecular weight is 291 g/mol. The number of benzene rings is 1. The van der Waals surface area contributed by atoms with E-state index in [2.05, 4.69) is 36.5 Å². The summed E-state index contributed by atoms with van der Waals surface area (Å²) < 4.78 is 0. The molecule has 0 aliphatic heterocycles. The molecule has 4 heteroatoms. The Bertz CT molecular complexity index is 336. The molecule has 1 saturated carbocycles. The Morgan fingerprint density at radius 2 is 1.83 bits per heavy atom. The minimum atomic E-state index is 0. The molecule has 0 atom stereocenters. The van der Waals surface area contributed by atoms with Gasteiger partial charge in [-0.25, -0.2) is 0 Å². The van der Waals surface area contributed by atoms with Gasteiger partial charge in [-0.15, -0.1) is 24.8 Å². The number of nitrogens with one attached hydrogen (secondary N) is 1. The van der Waals surface area contributed by atoms with Crippen LogP contribution in [0.2, 0.25) is 0 Å². The summed E-state index contributed by atoms with van der Waals surface area (Å²) in [6.45, 7) is 3.13. The van der Waals surface area contributed by atoms with E-state index in [-0.39, 0.29) is 24.8 Å². The van der Waals surface area contributed by atoms with Crippen LogP contribution in [0.3, 0.4) is 0 Å². The second kappa shape index (κ2) is 8.76. The van der Waals surface area contributed by atoms with Crippen LogP contribution in [0.15, 0.2) is 24.3 Å². The molecule has 2 nitrogen and oxygen atoms in total. The molecule has 1 aromatic rings. The van der Waals surface area contributed by atoms with E-state index < -0.39 is 0 Å². The quantitative estimate of drug-likeness (QED) is 0.897. The van der Waals surface area contributed by atoms with Crippen molar-refractivity contribution < 1.29 is 0 Å². The highest BCUT2D eigenvalue weighted by Crippen LogP contribution is 2.17. The first-order valence-electron chi connectivity index (χ1n) is 6.28. The van der Waals surface area contributed by atoms with Gasteiger partial charge in [0.05, 0.1) is 0 Å². The maximum absolute atomic E-state index is 5.90. The normalized spacial score (nSPS) is 22.8. The number of halogens is 2. The van der Waals surface area contributed by atoms with Crippen molar-refractivity contribution in [3.63, 3.8) is 0 Å². The maximum Gasteiger partial charge on any atom is 0.0208 e. The fourth-order valence-corrected chi connectivity index (χ4v) is 2.41. The van der Waals surface area contributed by atoms with Gasteiger partial charge in [-0.2, -0.15) is 0 Å². The van der Waals surface area contributed by atoms with E-state index >= 15 is 0 Å². The lowest BCUT2D eigenvalue weighted by molar-refractivity contribution is 0.342. The van der Waals surface area contributed by atoms with Crippen molar-refractivity contribution in [2.45, 2.75) is 51.2 Å². The molecule has 1 aliphatic carbocycles. The van der Waals surface area contributed by atoms with Crippen LogP contribution in [-0.4, -0.2) is 12.1 Å². The van der Waals surface area contributed by atoms with Gasteiger partial charge in [-0.3, -0.25) is 0 Å². The molecule has 0 spiro atoms. The lowest BCUT2D eigenvalue weighted by atomic mass is 9.92. The van der Waals surface area contributed by atoms with Crippen LogP contribution in [0, 0.1) is 6.92 Å². The first kappa shape index (κ1) is 17.7. The molecule has 0 radical (unpaired) electrons. The van der Waals surface area contributed by atoms with Crippen molar-refractivity contribution >= 4 is 24.8 Å². The second-order valence-electron chi connectivity index (χ2n) is 4.98. The predicted molar refractivity (Wildman–Crippen MR) is 82.7 cm³/mol. The number of nitrogens with two attached hydrogens (primary N) is 1. The molecule has 0 unspecified atom stereocenters. The lowest BCUT2D eigenvalue weighted by Crippen LogP contribution is -2.37. The van der Waals surface area contributed by atoms with Crippen LogP contribution < -0.4 is 11.1 Å². The van der Waals surface area contributed by atoms with Gasteiger partial charge in [0.15, 0.2) is 0 Å². The van der Waals surface area contributed by atoms with E-state index in [4.69, 9.17) is 5.73 Å². The van der Waals surface area contributed by atoms with Crippen LogP contribution in [0.1, 0.15) is 36.8 Å². The zero-order valence-electron chi connectivity index (χ0n) is 10.9. The summed E-state index contributed by atoms with van der Waals surface area (Å²) in [5.74, 6) is 0. The van der Waals surface area contributed by atoms with Crippen molar-refractivity contribution in [2.24, 2.45) is 5.73 Å². The molecule has 0 bridgehead atoms. The molecule has 0 amide bonds. The molecule has 1 fully saturated rings. The molecule has 0 heterocycles. The minimum absolute atomic E-state index is 0. The summed E-state index contributed by atoms with van der Waals surface area (Å²) in [7, 11) is 0. The van der Waals surface area contributed by atoms with Crippen LogP contribution in [-0.2, 0) is 6.54 Å². The number of aryl methyl sites for hydroxylation is 1. The van der Waals surface area contributed by atoms with Crippen molar-refractivity contribution in [3.05, 3.63) is 35.4 Å². The third-order valence-corrected chi connectivity index (χ3v) is 3.45. The Morgan fingerprint density at radius 3 is 2.44 bits per heavy atom. The summed E-state index contributed by atoms with van der Waals surface area (Å²) in [5, 5.41) is 3.63. The summed E-state index contributed by atoms with van der Waals surface area (Å²) in [4.78, 5) is 0. The van der Waals surface area contributed by atoms with Gasteiger partial charge in [0.2, 0.25) is 0 Å². The van der Waals surface area contributed by atoms with Crippen LogP contribution in [0.5, 0.6) is 0 Å². The zero-order valence-corrected chi connectivity index (χ0v) is 12.5. The van der Waals surface area contributed by atoms with Crippen molar-refractivity contribution in [3.8, 4) is 0 Å². The van der Waals surface area contributed by atoms with Crippen molar-refractivity contribution in [1.82, 2.24) is 5.32 Å². The van der Waals surface area contributed by atoms with Crippen molar-refractivity contribution in [1.29, 1.82) is 0 Å². The van der Waals surface area contributed by atoms with Gasteiger partial charge >= 0.3 is 0 Å². The molecular weight excluding hydrogens is 267 g/mol. The van der Waals surface area contributed by atoms with Crippen LogP contribution in [0.4, 0.5) is 0 Å². The van der Waals surface area contributed by atoms with Crippen molar-refractivity contribution in [2.75, 3.05) is 0 Å². The Kier molecular flexibility index (Phi) is 8.62. The maximum atomic E-state index is 5.90. The Hall–Kier alpha value is -0.280. The summed E-state index contributed by atoms with van der Waals surface area (Å²) in [5.41, 5.74) is 8.62. The SMILES string of the molecule is Cc1cccc(CNC2CCC(N)CC2)c1.Cl.Cl. The second-order valence-corrected chi connectivity index (χ2v) is 4.98. The zero-order chi connectivity index (χ0) is 11.4. The topological polar surface area (TPSA) is 38.0 Å². The highest BCUT2D eigenvalue weighted by molar-refractivity contribution is 5.85. The van der Waals surface area contributed by atoms with Gasteiger partial charge in [-0.05, 0) is 38.2 Å². The first-order valence-corrected chi connectivity index (χ1v) is 6.28. The fraction of sp³-hybridized carbons (Fsp3) is 0.571. The summed E-state index contributed by atoms with van der Waals surface area (Å²) in [6.07, 6.45) is 4.80. The number of rotatable bonds is 3. The molecule has 104 valence electrons. The largest absolute Gasteiger partial charge is 0.328 e. The smallest absolute Gasteiger partial charge is 0.0208 e. The third-order valence-electron chi connectivity index (χ3n) is 3.45. The van der Waals surface area contributed by atoms with Gasteiger partial charge < -0.3 is 11.1 Å². The lowest BCUT2D eigenvalue weighted by Gasteiger charge is -2.27. The molecule has 1 aliphatic rings. The van der Waals surface area contributed by atoms with Crippen LogP contribution in [0.25, 0.3) is 0 Å². The highest BCUT2D eigenvalue weighted by Gasteiger charge is 2.17. The van der Waals surface area contributed by atoms with E-state index in [1.807, 2.05) is 0 Å². The van der Waals surface area contributed by atoms with E-state index in [0.29, 0.717) is 12.1 Å². The summed E-state index contributed by atoms with van der Waals surface area (Å²) >= 11 is 0. The minimum Gasteiger partial charge on any atom is -0.328 e. The number of hydrogen-bond donors (Lipinski definition) is 2. The highest BCUT2D eigenvalue weighted by atomic mass is 35.5. The number of hydrogen-bond acceptors (Lipinski definition) is 2. The molecule has 1 aromatic carbocycles. The molecule has 2 rings (SSSR count). The van der Waals surface area contributed by atoms with E-state index in [1.54, 1.807) is 0 Å². The standard InChI is InChI=1S/C14H22N2.2ClH/c1-11-3-2-4-12(9-11)10-16-14-7-5-13(15)6-8-14;;/h2-4,9,13-14,16H,5-8,10,15H2,1H3;2*1H. The fourth-order valence-electron chi connectivity index (χ4n) is 2.41. The van der Waals surface area contributed by atoms with E-state index in [0.717, 1.165) is 6.54 Å². The average Bonchev–Trinajstić information content (AvgIpc) is 2.28. The predicted octanol–water partition coefficient (Wildman–Crippen LogP) is 3.20. The first-order chi connectivity index (χ1) is 7.74. The Balaban J connectivity index is 0.00000144. The Morgan fingerprint density at radius 1 is 1.17 bits per heavy atom. The van der Waals surface area contributed by atoms with Gasteiger partial charge in [0.1, 0.15) is 0 Å². The van der Waals surface area contributed by atoms with Gasteiger partial charge in [0.25, 0.3) is 0 Å². The third kappa shape index (κ3) is 5.57. The van der Waals surface area contributed by atoms with Gasteiger partial charge in [0, 0.05) is 18.6 Å². The monoisotopic (exact) mass is 290 g/mol. The molecule has 0 saturated heterocycles. The van der Waals surface area contributed by atoms with E-state index in [1.165, 1.54) is 36.8 Å². The van der Waals surface area contributed by atoms with Gasteiger partial charge in [-0.1, -0.05) is 29.8 Å². The summed E-state index contributed by atoms with van der Waals surface area (Å²) in [6, 6.07) is 9.82. The molecule has 0 aromatic heterocycles. The molecule has 3 N–H and O–H groups in total. The Labute approximate surface area is 123 Å².